The minimum Gasteiger partial charge on any atom is -0.348 e. The molecular formula is C21H27F3N2O2. The number of halogens is 3. The summed E-state index contributed by atoms with van der Waals surface area (Å²) < 4.78 is 38.8. The number of hydrogen-bond acceptors (Lipinski definition) is 2. The molecule has 3 rings (SSSR count). The van der Waals surface area contributed by atoms with E-state index >= 15 is 0 Å². The lowest BCUT2D eigenvalue weighted by Crippen LogP contribution is -2.48. The number of nitrogens with zero attached hydrogens (tertiary/aromatic N) is 1. The lowest BCUT2D eigenvalue weighted by atomic mass is 9.88. The first-order chi connectivity index (χ1) is 13.3. The number of likely N-dealkylation sites (tertiary alicyclic amines) is 1. The first-order valence-electron chi connectivity index (χ1n) is 10.1. The molecule has 0 bridgehead atoms. The summed E-state index contributed by atoms with van der Waals surface area (Å²) in [4.78, 5) is 27.3. The van der Waals surface area contributed by atoms with Crippen LogP contribution in [0.25, 0.3) is 0 Å². The van der Waals surface area contributed by atoms with Crippen molar-refractivity contribution < 1.29 is 22.8 Å². The quantitative estimate of drug-likeness (QED) is 0.817. The van der Waals surface area contributed by atoms with Crippen molar-refractivity contribution in [2.75, 3.05) is 6.54 Å². The molecule has 1 saturated carbocycles. The van der Waals surface area contributed by atoms with Gasteiger partial charge in [0.25, 0.3) is 0 Å². The Morgan fingerprint density at radius 3 is 2.50 bits per heavy atom. The lowest BCUT2D eigenvalue weighted by molar-refractivity contribution is -0.142. The SMILES string of the molecule is C[C@H](NC(=O)[C@@H]1CCCN1C(=O)C1CCCCC1)c1cccc(C(F)(F)F)c1. The predicted molar refractivity (Wildman–Crippen MR) is 99.3 cm³/mol. The van der Waals surface area contributed by atoms with Gasteiger partial charge in [0.15, 0.2) is 0 Å². The van der Waals surface area contributed by atoms with E-state index in [2.05, 4.69) is 5.32 Å². The molecule has 0 radical (unpaired) electrons. The van der Waals surface area contributed by atoms with Crippen molar-refractivity contribution in [1.82, 2.24) is 10.2 Å². The largest absolute Gasteiger partial charge is 0.416 e. The van der Waals surface area contributed by atoms with E-state index in [-0.39, 0.29) is 17.7 Å². The van der Waals surface area contributed by atoms with Gasteiger partial charge in [0, 0.05) is 12.5 Å². The van der Waals surface area contributed by atoms with Gasteiger partial charge in [0.1, 0.15) is 6.04 Å². The summed E-state index contributed by atoms with van der Waals surface area (Å²) in [5.41, 5.74) is -0.340. The maximum atomic E-state index is 12.9. The lowest BCUT2D eigenvalue weighted by Gasteiger charge is -2.30. The van der Waals surface area contributed by atoms with Crippen LogP contribution in [0, 0.1) is 5.92 Å². The molecule has 2 aliphatic rings. The Balaban J connectivity index is 1.65. The summed E-state index contributed by atoms with van der Waals surface area (Å²) >= 11 is 0. The third-order valence-corrected chi connectivity index (χ3v) is 5.87. The van der Waals surface area contributed by atoms with Crippen LogP contribution >= 0.6 is 0 Å². The molecule has 2 amide bonds. The fourth-order valence-electron chi connectivity index (χ4n) is 4.26. The molecule has 1 aromatic rings. The smallest absolute Gasteiger partial charge is 0.348 e. The van der Waals surface area contributed by atoms with E-state index in [9.17, 15) is 22.8 Å². The van der Waals surface area contributed by atoms with Gasteiger partial charge in [0.05, 0.1) is 11.6 Å². The van der Waals surface area contributed by atoms with Crippen molar-refractivity contribution in [1.29, 1.82) is 0 Å². The Morgan fingerprint density at radius 2 is 1.82 bits per heavy atom. The number of rotatable bonds is 4. The van der Waals surface area contributed by atoms with Gasteiger partial charge in [-0.25, -0.2) is 0 Å². The fraction of sp³-hybridized carbons (Fsp3) is 0.619. The maximum Gasteiger partial charge on any atom is 0.416 e. The molecule has 1 saturated heterocycles. The summed E-state index contributed by atoms with van der Waals surface area (Å²) in [5, 5.41) is 2.80. The summed E-state index contributed by atoms with van der Waals surface area (Å²) in [6.07, 6.45) is 1.96. The average molecular weight is 396 g/mol. The standard InChI is InChI=1S/C21H27F3N2O2/c1-14(16-9-5-10-17(13-16)21(22,23)24)25-19(27)18-11-6-12-26(18)20(28)15-7-3-2-4-8-15/h5,9-10,13-15,18H,2-4,6-8,11-12H2,1H3,(H,25,27)/t14-,18-/m0/s1. The monoisotopic (exact) mass is 396 g/mol. The van der Waals surface area contributed by atoms with Gasteiger partial charge >= 0.3 is 6.18 Å². The van der Waals surface area contributed by atoms with Crippen LogP contribution in [0.15, 0.2) is 24.3 Å². The highest BCUT2D eigenvalue weighted by Gasteiger charge is 2.38. The molecule has 1 aromatic carbocycles. The third-order valence-electron chi connectivity index (χ3n) is 5.87. The molecule has 0 spiro atoms. The molecule has 28 heavy (non-hydrogen) atoms. The van der Waals surface area contributed by atoms with Crippen LogP contribution in [0.5, 0.6) is 0 Å². The topological polar surface area (TPSA) is 49.4 Å². The summed E-state index contributed by atoms with van der Waals surface area (Å²) in [5.74, 6) is -0.223. The van der Waals surface area contributed by atoms with E-state index < -0.39 is 23.8 Å². The Morgan fingerprint density at radius 1 is 1.11 bits per heavy atom. The van der Waals surface area contributed by atoms with Crippen molar-refractivity contribution in [3.63, 3.8) is 0 Å². The second-order valence-electron chi connectivity index (χ2n) is 7.88. The predicted octanol–water partition coefficient (Wildman–Crippen LogP) is 4.45. The van der Waals surface area contributed by atoms with Crippen LogP contribution < -0.4 is 5.32 Å². The highest BCUT2D eigenvalue weighted by Crippen LogP contribution is 2.31. The number of nitrogens with one attached hydrogen (secondary N) is 1. The first kappa shape index (κ1) is 20.7. The van der Waals surface area contributed by atoms with Crippen molar-refractivity contribution in [3.05, 3.63) is 35.4 Å². The van der Waals surface area contributed by atoms with Crippen LogP contribution in [-0.4, -0.2) is 29.3 Å². The van der Waals surface area contributed by atoms with Crippen molar-refractivity contribution in [2.45, 2.75) is 70.1 Å². The Kier molecular flexibility index (Phi) is 6.30. The number of alkyl halides is 3. The third kappa shape index (κ3) is 4.67. The molecule has 1 aliphatic heterocycles. The Bertz CT molecular complexity index is 714. The molecule has 154 valence electrons. The molecule has 1 N–H and O–H groups in total. The van der Waals surface area contributed by atoms with E-state index in [1.165, 1.54) is 6.07 Å². The highest BCUT2D eigenvalue weighted by molar-refractivity contribution is 5.89. The summed E-state index contributed by atoms with van der Waals surface area (Å²) in [6.45, 7) is 2.24. The molecule has 0 aromatic heterocycles. The van der Waals surface area contributed by atoms with Gasteiger partial charge in [-0.15, -0.1) is 0 Å². The number of amides is 2. The molecule has 2 atom stereocenters. The summed E-state index contributed by atoms with van der Waals surface area (Å²) in [7, 11) is 0. The van der Waals surface area contributed by atoms with E-state index in [0.29, 0.717) is 18.5 Å². The van der Waals surface area contributed by atoms with Crippen LogP contribution in [0.3, 0.4) is 0 Å². The molecule has 4 nitrogen and oxygen atoms in total. The van der Waals surface area contributed by atoms with Crippen LogP contribution in [0.4, 0.5) is 13.2 Å². The number of hydrogen-bond donors (Lipinski definition) is 1. The number of carbonyl (C=O) groups excluding carboxylic acids is 2. The van der Waals surface area contributed by atoms with Crippen LogP contribution in [-0.2, 0) is 15.8 Å². The number of benzene rings is 1. The van der Waals surface area contributed by atoms with Crippen molar-refractivity contribution >= 4 is 11.8 Å². The van der Waals surface area contributed by atoms with Gasteiger partial charge in [-0.3, -0.25) is 9.59 Å². The van der Waals surface area contributed by atoms with Gasteiger partial charge in [-0.05, 0) is 50.3 Å². The Hall–Kier alpha value is -2.05. The fourth-order valence-corrected chi connectivity index (χ4v) is 4.26. The summed E-state index contributed by atoms with van der Waals surface area (Å²) in [6, 6.07) is 3.89. The number of carbonyl (C=O) groups is 2. The molecule has 2 fully saturated rings. The van der Waals surface area contributed by atoms with E-state index in [0.717, 1.165) is 50.7 Å². The zero-order valence-corrected chi connectivity index (χ0v) is 16.1. The molecular weight excluding hydrogens is 369 g/mol. The normalized spacial score (nSPS) is 22.1. The highest BCUT2D eigenvalue weighted by atomic mass is 19.4. The minimum atomic E-state index is -4.42. The molecule has 1 heterocycles. The van der Waals surface area contributed by atoms with Crippen LogP contribution in [0.2, 0.25) is 0 Å². The van der Waals surface area contributed by atoms with Gasteiger partial charge < -0.3 is 10.2 Å². The van der Waals surface area contributed by atoms with E-state index in [1.54, 1.807) is 17.9 Å². The molecule has 0 unspecified atom stereocenters. The molecule has 1 aliphatic carbocycles. The van der Waals surface area contributed by atoms with Crippen molar-refractivity contribution in [2.24, 2.45) is 5.92 Å². The zero-order valence-electron chi connectivity index (χ0n) is 16.1. The first-order valence-corrected chi connectivity index (χ1v) is 10.1. The van der Waals surface area contributed by atoms with Gasteiger partial charge in [-0.1, -0.05) is 31.4 Å². The second-order valence-corrected chi connectivity index (χ2v) is 7.88. The van der Waals surface area contributed by atoms with Gasteiger partial charge in [0.2, 0.25) is 11.8 Å². The minimum absolute atomic E-state index is 0.00282. The molecule has 7 heteroatoms. The average Bonchev–Trinajstić information content (AvgIpc) is 3.17. The second kappa shape index (κ2) is 8.53. The Labute approximate surface area is 163 Å². The van der Waals surface area contributed by atoms with Crippen LogP contribution in [0.1, 0.15) is 69.0 Å². The van der Waals surface area contributed by atoms with E-state index in [1.807, 2.05) is 0 Å². The zero-order chi connectivity index (χ0) is 20.3. The van der Waals surface area contributed by atoms with E-state index in [4.69, 9.17) is 0 Å². The van der Waals surface area contributed by atoms with Gasteiger partial charge in [-0.2, -0.15) is 13.2 Å². The maximum absolute atomic E-state index is 12.9. The van der Waals surface area contributed by atoms with Crippen molar-refractivity contribution in [3.8, 4) is 0 Å².